The second kappa shape index (κ2) is 7.09. The quantitative estimate of drug-likeness (QED) is 0.811. The van der Waals surface area contributed by atoms with Crippen molar-refractivity contribution in [2.75, 3.05) is 33.4 Å². The van der Waals surface area contributed by atoms with E-state index < -0.39 is 12.0 Å². The van der Waals surface area contributed by atoms with Gasteiger partial charge in [-0.05, 0) is 19.8 Å². The van der Waals surface area contributed by atoms with Gasteiger partial charge in [-0.2, -0.15) is 0 Å². The molecule has 3 unspecified atom stereocenters. The monoisotopic (exact) mass is 300 g/mol. The van der Waals surface area contributed by atoms with Gasteiger partial charge < -0.3 is 24.4 Å². The molecule has 1 N–H and O–H groups in total. The highest BCUT2D eigenvalue weighted by atomic mass is 16.5. The lowest BCUT2D eigenvalue weighted by Gasteiger charge is -2.30. The van der Waals surface area contributed by atoms with Gasteiger partial charge in [0.2, 0.25) is 0 Å². The molecule has 2 amide bonds. The predicted molar refractivity (Wildman–Crippen MR) is 75.2 cm³/mol. The Labute approximate surface area is 124 Å². The largest absolute Gasteiger partial charge is 0.480 e. The summed E-state index contributed by atoms with van der Waals surface area (Å²) in [4.78, 5) is 27.0. The average Bonchev–Trinajstić information content (AvgIpc) is 3.12. The number of nitrogens with zero attached hydrogens (tertiary/aromatic N) is 2. The highest BCUT2D eigenvalue weighted by Gasteiger charge is 2.41. The fourth-order valence-corrected chi connectivity index (χ4v) is 2.97. The van der Waals surface area contributed by atoms with Crippen LogP contribution in [0.5, 0.6) is 0 Å². The minimum Gasteiger partial charge on any atom is -0.480 e. The molecule has 0 radical (unpaired) electrons. The van der Waals surface area contributed by atoms with E-state index in [1.165, 1.54) is 4.90 Å². The average molecular weight is 300 g/mol. The molecule has 2 saturated heterocycles. The van der Waals surface area contributed by atoms with Crippen LogP contribution in [-0.4, -0.2) is 78.5 Å². The minimum absolute atomic E-state index is 0.0676. The molecular formula is C14H24N2O5. The molecule has 2 aliphatic rings. The first-order valence-electron chi connectivity index (χ1n) is 7.49. The highest BCUT2D eigenvalue weighted by molar-refractivity contribution is 5.83. The van der Waals surface area contributed by atoms with Gasteiger partial charge in [0.1, 0.15) is 6.04 Å². The summed E-state index contributed by atoms with van der Waals surface area (Å²) in [5, 5.41) is 9.29. The SMILES string of the molecule is CCN(CC1CCCO1)C(=O)N1CC(OC)CC1C(=O)O. The molecule has 0 aromatic carbocycles. The third-order valence-corrected chi connectivity index (χ3v) is 4.23. The molecule has 2 heterocycles. The van der Waals surface area contributed by atoms with E-state index in [2.05, 4.69) is 0 Å². The van der Waals surface area contributed by atoms with Crippen LogP contribution in [0.1, 0.15) is 26.2 Å². The number of hydrogen-bond donors (Lipinski definition) is 1. The van der Waals surface area contributed by atoms with Gasteiger partial charge in [-0.3, -0.25) is 0 Å². The second-order valence-electron chi connectivity index (χ2n) is 5.56. The zero-order chi connectivity index (χ0) is 15.4. The van der Waals surface area contributed by atoms with E-state index in [1.54, 1.807) is 12.0 Å². The molecule has 7 heteroatoms. The van der Waals surface area contributed by atoms with Crippen molar-refractivity contribution >= 4 is 12.0 Å². The number of urea groups is 1. The van der Waals surface area contributed by atoms with Crippen molar-refractivity contribution in [3.05, 3.63) is 0 Å². The molecule has 2 fully saturated rings. The zero-order valence-electron chi connectivity index (χ0n) is 12.7. The van der Waals surface area contributed by atoms with Crippen LogP contribution in [0.2, 0.25) is 0 Å². The van der Waals surface area contributed by atoms with E-state index >= 15 is 0 Å². The van der Waals surface area contributed by atoms with Gasteiger partial charge in [0.25, 0.3) is 0 Å². The van der Waals surface area contributed by atoms with E-state index in [4.69, 9.17) is 9.47 Å². The fraction of sp³-hybridized carbons (Fsp3) is 0.857. The number of likely N-dealkylation sites (tertiary alicyclic amines) is 1. The molecule has 3 atom stereocenters. The van der Waals surface area contributed by atoms with Gasteiger partial charge in [0.15, 0.2) is 0 Å². The van der Waals surface area contributed by atoms with Crippen molar-refractivity contribution in [2.45, 2.75) is 44.4 Å². The number of likely N-dealkylation sites (N-methyl/N-ethyl adjacent to an activating group) is 1. The van der Waals surface area contributed by atoms with Gasteiger partial charge in [0, 0.05) is 39.8 Å². The maximum absolute atomic E-state index is 12.6. The summed E-state index contributed by atoms with van der Waals surface area (Å²) in [6.07, 6.45) is 2.17. The number of rotatable bonds is 5. The van der Waals surface area contributed by atoms with Crippen molar-refractivity contribution in [2.24, 2.45) is 0 Å². The lowest BCUT2D eigenvalue weighted by atomic mass is 10.2. The molecular weight excluding hydrogens is 276 g/mol. The van der Waals surface area contributed by atoms with Crippen LogP contribution in [0, 0.1) is 0 Å². The third kappa shape index (κ3) is 3.65. The molecule has 0 saturated carbocycles. The molecule has 0 aromatic heterocycles. The zero-order valence-corrected chi connectivity index (χ0v) is 12.7. The summed E-state index contributed by atoms with van der Waals surface area (Å²) in [6, 6.07) is -1.04. The first kappa shape index (κ1) is 16.0. The van der Waals surface area contributed by atoms with Crippen molar-refractivity contribution in [3.63, 3.8) is 0 Å². The molecule has 0 aromatic rings. The van der Waals surface area contributed by atoms with Crippen LogP contribution in [0.15, 0.2) is 0 Å². The number of carboxylic acid groups (broad SMARTS) is 1. The lowest BCUT2D eigenvalue weighted by molar-refractivity contribution is -0.141. The Morgan fingerprint density at radius 1 is 1.48 bits per heavy atom. The Kier molecular flexibility index (Phi) is 5.41. The van der Waals surface area contributed by atoms with Crippen molar-refractivity contribution in [1.82, 2.24) is 9.80 Å². The smallest absolute Gasteiger partial charge is 0.326 e. The van der Waals surface area contributed by atoms with E-state index in [9.17, 15) is 14.7 Å². The van der Waals surface area contributed by atoms with Crippen LogP contribution in [0.25, 0.3) is 0 Å². The number of ether oxygens (including phenoxy) is 2. The second-order valence-corrected chi connectivity index (χ2v) is 5.56. The molecule has 2 rings (SSSR count). The number of hydrogen-bond acceptors (Lipinski definition) is 4. The molecule has 0 spiro atoms. The van der Waals surface area contributed by atoms with Crippen LogP contribution in [0.3, 0.4) is 0 Å². The summed E-state index contributed by atoms with van der Waals surface area (Å²) < 4.78 is 10.8. The van der Waals surface area contributed by atoms with E-state index in [1.807, 2.05) is 6.92 Å². The molecule has 0 aliphatic carbocycles. The van der Waals surface area contributed by atoms with Crippen LogP contribution in [-0.2, 0) is 14.3 Å². The van der Waals surface area contributed by atoms with Crippen LogP contribution >= 0.6 is 0 Å². The summed E-state index contributed by atoms with van der Waals surface area (Å²) in [5.74, 6) is -0.976. The summed E-state index contributed by atoms with van der Waals surface area (Å²) in [5.41, 5.74) is 0. The Morgan fingerprint density at radius 2 is 2.24 bits per heavy atom. The first-order valence-corrected chi connectivity index (χ1v) is 7.49. The standard InChI is InChI=1S/C14H24N2O5/c1-3-15(8-10-5-4-6-21-10)14(19)16-9-11(20-2)7-12(16)13(17)18/h10-12H,3-9H2,1-2H3,(H,17,18). The third-order valence-electron chi connectivity index (χ3n) is 4.23. The van der Waals surface area contributed by atoms with Crippen molar-refractivity contribution in [1.29, 1.82) is 0 Å². The summed E-state index contributed by atoms with van der Waals surface area (Å²) in [7, 11) is 1.54. The predicted octanol–water partition coefficient (Wildman–Crippen LogP) is 0.781. The number of aliphatic carboxylic acids is 1. The molecule has 0 bridgehead atoms. The topological polar surface area (TPSA) is 79.3 Å². The van der Waals surface area contributed by atoms with Gasteiger partial charge in [-0.25, -0.2) is 9.59 Å². The number of amides is 2. The van der Waals surface area contributed by atoms with E-state index in [0.29, 0.717) is 26.1 Å². The highest BCUT2D eigenvalue weighted by Crippen LogP contribution is 2.23. The number of carbonyl (C=O) groups excluding carboxylic acids is 1. The summed E-state index contributed by atoms with van der Waals surface area (Å²) in [6.45, 7) is 4.03. The Balaban J connectivity index is 2.02. The van der Waals surface area contributed by atoms with E-state index in [0.717, 1.165) is 19.4 Å². The fourth-order valence-electron chi connectivity index (χ4n) is 2.97. The molecule has 21 heavy (non-hydrogen) atoms. The lowest BCUT2D eigenvalue weighted by Crippen LogP contribution is -2.50. The Hall–Kier alpha value is -1.34. The number of carbonyl (C=O) groups is 2. The van der Waals surface area contributed by atoms with Gasteiger partial charge >= 0.3 is 12.0 Å². The van der Waals surface area contributed by atoms with Gasteiger partial charge in [0.05, 0.1) is 12.2 Å². The van der Waals surface area contributed by atoms with Crippen molar-refractivity contribution < 1.29 is 24.2 Å². The minimum atomic E-state index is -0.976. The van der Waals surface area contributed by atoms with Gasteiger partial charge in [-0.15, -0.1) is 0 Å². The van der Waals surface area contributed by atoms with E-state index in [-0.39, 0.29) is 18.2 Å². The van der Waals surface area contributed by atoms with Crippen molar-refractivity contribution in [3.8, 4) is 0 Å². The first-order chi connectivity index (χ1) is 10.1. The number of methoxy groups -OCH3 is 1. The Bertz CT molecular complexity index is 384. The maximum atomic E-state index is 12.6. The summed E-state index contributed by atoms with van der Waals surface area (Å²) >= 11 is 0. The van der Waals surface area contributed by atoms with Crippen LogP contribution in [0.4, 0.5) is 4.79 Å². The molecule has 120 valence electrons. The van der Waals surface area contributed by atoms with Gasteiger partial charge in [-0.1, -0.05) is 0 Å². The molecule has 7 nitrogen and oxygen atoms in total. The normalized spacial score (nSPS) is 28.9. The van der Waals surface area contributed by atoms with Crippen LogP contribution < -0.4 is 0 Å². The Morgan fingerprint density at radius 3 is 2.76 bits per heavy atom. The maximum Gasteiger partial charge on any atom is 0.326 e. The number of carboxylic acids is 1. The molecule has 2 aliphatic heterocycles.